The molecule has 3 aromatic rings. The Morgan fingerprint density at radius 1 is 1.28 bits per heavy atom. The van der Waals surface area contributed by atoms with Gasteiger partial charge in [-0.25, -0.2) is 17.9 Å². The van der Waals surface area contributed by atoms with Crippen molar-refractivity contribution in [3.05, 3.63) is 52.3 Å². The minimum atomic E-state index is -3.58. The van der Waals surface area contributed by atoms with E-state index < -0.39 is 16.1 Å². The van der Waals surface area contributed by atoms with E-state index in [9.17, 15) is 13.2 Å². The van der Waals surface area contributed by atoms with E-state index in [1.165, 1.54) is 28.7 Å². The van der Waals surface area contributed by atoms with Gasteiger partial charge >= 0.3 is 0 Å². The van der Waals surface area contributed by atoms with Crippen LogP contribution in [-0.4, -0.2) is 66.3 Å². The molecule has 0 spiro atoms. The SMILES string of the molecule is C[C@@H](c1cc2nc(N3CC[C@H](N)C3)c(C3CC3)cn2n1)N(C)C(=O)c1cc(Cl)ccc1NS(C)(=O)=O. The molecule has 12 heteroatoms. The molecule has 2 fully saturated rings. The minimum Gasteiger partial charge on any atom is -0.355 e. The molecule has 1 aromatic carbocycles. The Labute approximate surface area is 215 Å². The predicted octanol–water partition coefficient (Wildman–Crippen LogP) is 3.00. The molecule has 5 rings (SSSR count). The average Bonchev–Trinajstić information content (AvgIpc) is 3.44. The summed E-state index contributed by atoms with van der Waals surface area (Å²) in [6.45, 7) is 3.55. The van der Waals surface area contributed by atoms with Crippen molar-refractivity contribution in [2.24, 2.45) is 5.73 Å². The molecule has 2 aliphatic rings. The summed E-state index contributed by atoms with van der Waals surface area (Å²) in [7, 11) is -1.93. The number of rotatable bonds is 7. The molecule has 3 heterocycles. The van der Waals surface area contributed by atoms with Gasteiger partial charge in [-0.05, 0) is 50.3 Å². The van der Waals surface area contributed by atoms with Crippen molar-refractivity contribution in [1.82, 2.24) is 19.5 Å². The van der Waals surface area contributed by atoms with Crippen LogP contribution in [0.5, 0.6) is 0 Å². The summed E-state index contributed by atoms with van der Waals surface area (Å²) in [5.74, 6) is 1.09. The fraction of sp³-hybridized carbons (Fsp3) is 0.458. The maximum absolute atomic E-state index is 13.4. The predicted molar refractivity (Wildman–Crippen MR) is 140 cm³/mol. The zero-order chi connectivity index (χ0) is 25.8. The second kappa shape index (κ2) is 9.20. The summed E-state index contributed by atoms with van der Waals surface area (Å²) in [5, 5.41) is 5.07. The first-order valence-electron chi connectivity index (χ1n) is 12.0. The summed E-state index contributed by atoms with van der Waals surface area (Å²) in [6, 6.07) is 6.11. The molecule has 2 aromatic heterocycles. The molecule has 10 nitrogen and oxygen atoms in total. The topological polar surface area (TPSA) is 126 Å². The van der Waals surface area contributed by atoms with E-state index in [2.05, 4.69) is 15.8 Å². The number of halogens is 1. The van der Waals surface area contributed by atoms with Gasteiger partial charge in [0.05, 0.1) is 29.2 Å². The number of benzene rings is 1. The van der Waals surface area contributed by atoms with E-state index >= 15 is 0 Å². The van der Waals surface area contributed by atoms with Crippen molar-refractivity contribution >= 4 is 44.7 Å². The molecule has 3 N–H and O–H groups in total. The summed E-state index contributed by atoms with van der Waals surface area (Å²) >= 11 is 6.13. The monoisotopic (exact) mass is 531 g/mol. The van der Waals surface area contributed by atoms with E-state index in [1.807, 2.05) is 13.0 Å². The van der Waals surface area contributed by atoms with Gasteiger partial charge in [-0.2, -0.15) is 5.10 Å². The quantitative estimate of drug-likeness (QED) is 0.480. The van der Waals surface area contributed by atoms with E-state index in [4.69, 9.17) is 27.4 Å². The van der Waals surface area contributed by atoms with Crippen LogP contribution in [0, 0.1) is 0 Å². The number of nitrogens with zero attached hydrogens (tertiary/aromatic N) is 5. The van der Waals surface area contributed by atoms with Gasteiger partial charge in [0, 0.05) is 49.0 Å². The maximum Gasteiger partial charge on any atom is 0.256 e. The second-order valence-corrected chi connectivity index (χ2v) is 12.0. The van der Waals surface area contributed by atoms with Crippen LogP contribution >= 0.6 is 11.6 Å². The Morgan fingerprint density at radius 2 is 2.03 bits per heavy atom. The molecule has 192 valence electrons. The molecule has 1 amide bonds. The van der Waals surface area contributed by atoms with Gasteiger partial charge in [0.1, 0.15) is 5.82 Å². The van der Waals surface area contributed by atoms with Gasteiger partial charge in [-0.1, -0.05) is 11.6 Å². The van der Waals surface area contributed by atoms with Crippen molar-refractivity contribution in [2.45, 2.75) is 44.2 Å². The lowest BCUT2D eigenvalue weighted by molar-refractivity contribution is 0.0740. The van der Waals surface area contributed by atoms with Crippen LogP contribution in [-0.2, 0) is 10.0 Å². The third-order valence-electron chi connectivity index (χ3n) is 6.85. The van der Waals surface area contributed by atoms with E-state index in [0.29, 0.717) is 22.3 Å². The molecule has 0 bridgehead atoms. The summed E-state index contributed by atoms with van der Waals surface area (Å²) in [4.78, 5) is 22.1. The molecule has 1 aliphatic carbocycles. The number of hydrogen-bond donors (Lipinski definition) is 2. The third kappa shape index (κ3) is 5.00. The van der Waals surface area contributed by atoms with Crippen molar-refractivity contribution in [3.63, 3.8) is 0 Å². The van der Waals surface area contributed by atoms with Gasteiger partial charge in [-0.15, -0.1) is 0 Å². The Morgan fingerprint density at radius 3 is 2.67 bits per heavy atom. The molecule has 1 aliphatic heterocycles. The Bertz CT molecular complexity index is 1440. The van der Waals surface area contributed by atoms with Crippen molar-refractivity contribution in [3.8, 4) is 0 Å². The van der Waals surface area contributed by atoms with Crippen LogP contribution in [0.3, 0.4) is 0 Å². The van der Waals surface area contributed by atoms with Crippen molar-refractivity contribution in [1.29, 1.82) is 0 Å². The van der Waals surface area contributed by atoms with E-state index in [1.54, 1.807) is 11.6 Å². The third-order valence-corrected chi connectivity index (χ3v) is 7.68. The molecular weight excluding hydrogens is 502 g/mol. The van der Waals surface area contributed by atoms with Crippen LogP contribution in [0.25, 0.3) is 5.65 Å². The number of nitrogens with two attached hydrogens (primary N) is 1. The number of hydrogen-bond acceptors (Lipinski definition) is 7. The fourth-order valence-corrected chi connectivity index (χ4v) is 5.36. The molecule has 0 unspecified atom stereocenters. The smallest absolute Gasteiger partial charge is 0.256 e. The Hall–Kier alpha value is -2.89. The number of carbonyl (C=O) groups is 1. The number of nitrogens with one attached hydrogen (secondary N) is 1. The first kappa shape index (κ1) is 24.8. The largest absolute Gasteiger partial charge is 0.355 e. The van der Waals surface area contributed by atoms with E-state index in [-0.39, 0.29) is 23.2 Å². The summed E-state index contributed by atoms with van der Waals surface area (Å²) in [5.41, 5.74) is 9.06. The van der Waals surface area contributed by atoms with Crippen LogP contribution in [0.1, 0.15) is 59.8 Å². The molecule has 0 radical (unpaired) electrons. The highest BCUT2D eigenvalue weighted by atomic mass is 35.5. The number of amides is 1. The number of carbonyl (C=O) groups excluding carboxylic acids is 1. The Kier molecular flexibility index (Phi) is 6.34. The standard InChI is InChI=1S/C24H30ClN7O3S/c1-14(30(2)24(33)18-10-16(25)6-7-20(18)29-36(3,34)35)21-11-22-27-23(31-9-8-17(26)12-31)19(15-4-5-15)13-32(22)28-21/h6-7,10-11,13-15,17,29H,4-5,8-9,12,26H2,1-3H3/t14-,17-/m0/s1. The lowest BCUT2D eigenvalue weighted by atomic mass is 10.1. The number of sulfonamides is 1. The molecular formula is C24H30ClN7O3S. The van der Waals surface area contributed by atoms with Crippen molar-refractivity contribution in [2.75, 3.05) is 36.0 Å². The maximum atomic E-state index is 13.4. The zero-order valence-electron chi connectivity index (χ0n) is 20.5. The van der Waals surface area contributed by atoms with Crippen LogP contribution in [0.2, 0.25) is 5.02 Å². The normalized spacial score (nSPS) is 19.0. The van der Waals surface area contributed by atoms with Gasteiger partial charge < -0.3 is 15.5 Å². The summed E-state index contributed by atoms with van der Waals surface area (Å²) < 4.78 is 27.8. The van der Waals surface area contributed by atoms with Crippen LogP contribution in [0.15, 0.2) is 30.5 Å². The Balaban J connectivity index is 1.45. The van der Waals surface area contributed by atoms with Gasteiger partial charge in [0.15, 0.2) is 5.65 Å². The highest BCUT2D eigenvalue weighted by Crippen LogP contribution is 2.44. The van der Waals surface area contributed by atoms with E-state index in [0.717, 1.165) is 44.4 Å². The lowest BCUT2D eigenvalue weighted by Crippen LogP contribution is -2.31. The molecule has 2 atom stereocenters. The molecule has 1 saturated heterocycles. The highest BCUT2D eigenvalue weighted by molar-refractivity contribution is 7.92. The van der Waals surface area contributed by atoms with Gasteiger partial charge in [0.25, 0.3) is 5.91 Å². The first-order chi connectivity index (χ1) is 17.0. The van der Waals surface area contributed by atoms with Gasteiger partial charge in [-0.3, -0.25) is 9.52 Å². The zero-order valence-corrected chi connectivity index (χ0v) is 22.1. The number of aromatic nitrogens is 3. The highest BCUT2D eigenvalue weighted by Gasteiger charge is 2.32. The summed E-state index contributed by atoms with van der Waals surface area (Å²) in [6.07, 6.45) is 6.33. The number of fused-ring (bicyclic) bond motifs is 1. The molecule has 36 heavy (non-hydrogen) atoms. The molecule has 1 saturated carbocycles. The lowest BCUT2D eigenvalue weighted by Gasteiger charge is -2.24. The average molecular weight is 532 g/mol. The second-order valence-electron chi connectivity index (χ2n) is 9.82. The number of anilines is 2. The van der Waals surface area contributed by atoms with Crippen LogP contribution < -0.4 is 15.4 Å². The van der Waals surface area contributed by atoms with Gasteiger partial charge in [0.2, 0.25) is 10.0 Å². The van der Waals surface area contributed by atoms with Crippen LogP contribution in [0.4, 0.5) is 11.5 Å². The first-order valence-corrected chi connectivity index (χ1v) is 14.2. The minimum absolute atomic E-state index is 0.156. The van der Waals surface area contributed by atoms with Crippen molar-refractivity contribution < 1.29 is 13.2 Å². The fourth-order valence-electron chi connectivity index (χ4n) is 4.61.